The van der Waals surface area contributed by atoms with E-state index in [1.165, 1.54) is 0 Å². The van der Waals surface area contributed by atoms with Gasteiger partial charge in [0.15, 0.2) is 18.3 Å². The van der Waals surface area contributed by atoms with Gasteiger partial charge >= 0.3 is 17.9 Å². The summed E-state index contributed by atoms with van der Waals surface area (Å²) in [5, 5.41) is 0. The maximum atomic E-state index is 11.7. The van der Waals surface area contributed by atoms with Gasteiger partial charge in [0.2, 0.25) is 0 Å². The van der Waals surface area contributed by atoms with Crippen molar-refractivity contribution < 1.29 is 38.1 Å². The second-order valence-corrected chi connectivity index (χ2v) is 4.92. The highest BCUT2D eigenvalue weighted by Crippen LogP contribution is 2.25. The van der Waals surface area contributed by atoms with Crippen molar-refractivity contribution in [3.05, 3.63) is 38.0 Å². The first kappa shape index (κ1) is 20.6. The molecule has 4 atom stereocenters. The Kier molecular flexibility index (Phi) is 8.59. The summed E-state index contributed by atoms with van der Waals surface area (Å²) in [6.45, 7) is 12.2. The van der Waals surface area contributed by atoms with Gasteiger partial charge in [-0.2, -0.15) is 0 Å². The molecule has 0 saturated carbocycles. The molecule has 1 saturated heterocycles. The molecule has 0 aromatic heterocycles. The third-order valence-electron chi connectivity index (χ3n) is 3.29. The molecule has 8 heteroatoms. The summed E-state index contributed by atoms with van der Waals surface area (Å²) in [7, 11) is 0. The molecule has 25 heavy (non-hydrogen) atoms. The van der Waals surface area contributed by atoms with Crippen molar-refractivity contribution in [3.8, 4) is 0 Å². The van der Waals surface area contributed by atoms with Crippen LogP contribution in [0, 0.1) is 0 Å². The lowest BCUT2D eigenvalue weighted by Crippen LogP contribution is -2.58. The third kappa shape index (κ3) is 6.17. The molecule has 2 unspecified atom stereocenters. The summed E-state index contributed by atoms with van der Waals surface area (Å²) in [6.07, 6.45) is -0.992. The van der Waals surface area contributed by atoms with Gasteiger partial charge in [-0.25, -0.2) is 14.4 Å². The molecule has 1 aliphatic heterocycles. The van der Waals surface area contributed by atoms with E-state index in [0.29, 0.717) is 6.61 Å². The average Bonchev–Trinajstić information content (AvgIpc) is 2.62. The van der Waals surface area contributed by atoms with E-state index in [2.05, 4.69) is 19.7 Å². The lowest BCUT2D eigenvalue weighted by Gasteiger charge is -2.40. The Hall–Kier alpha value is -2.45. The van der Waals surface area contributed by atoms with Gasteiger partial charge in [0.25, 0.3) is 0 Å². The van der Waals surface area contributed by atoms with Crippen LogP contribution in [-0.4, -0.2) is 62.1 Å². The van der Waals surface area contributed by atoms with Gasteiger partial charge in [-0.3, -0.25) is 0 Å². The highest BCUT2D eigenvalue weighted by atomic mass is 16.6. The first-order valence-corrected chi connectivity index (χ1v) is 7.65. The molecular weight excluding hydrogens is 332 g/mol. The maximum Gasteiger partial charge on any atom is 0.330 e. The van der Waals surface area contributed by atoms with Gasteiger partial charge in [-0.05, 0) is 6.92 Å². The Morgan fingerprint density at radius 1 is 0.960 bits per heavy atom. The van der Waals surface area contributed by atoms with E-state index in [9.17, 15) is 14.4 Å². The number of rotatable bonds is 9. The quantitative estimate of drug-likeness (QED) is 0.339. The fourth-order valence-corrected chi connectivity index (χ4v) is 2.16. The van der Waals surface area contributed by atoms with Crippen LogP contribution in [0.4, 0.5) is 0 Å². The molecule has 1 aliphatic rings. The smallest absolute Gasteiger partial charge is 0.330 e. The number of carbonyl (C=O) groups excluding carboxylic acids is 3. The second-order valence-electron chi connectivity index (χ2n) is 4.92. The Balaban J connectivity index is 3.08. The normalized spacial score (nSPS) is 25.3. The average molecular weight is 354 g/mol. The summed E-state index contributed by atoms with van der Waals surface area (Å²) in [6, 6.07) is 0. The van der Waals surface area contributed by atoms with Gasteiger partial charge < -0.3 is 23.7 Å². The van der Waals surface area contributed by atoms with Crippen LogP contribution >= 0.6 is 0 Å². The Morgan fingerprint density at radius 2 is 1.48 bits per heavy atom. The van der Waals surface area contributed by atoms with E-state index in [1.54, 1.807) is 6.92 Å². The largest absolute Gasteiger partial charge is 0.453 e. The molecule has 0 radical (unpaired) electrons. The van der Waals surface area contributed by atoms with Crippen molar-refractivity contribution >= 4 is 17.9 Å². The van der Waals surface area contributed by atoms with Crippen molar-refractivity contribution in [1.29, 1.82) is 0 Å². The molecule has 138 valence electrons. The summed E-state index contributed by atoms with van der Waals surface area (Å²) < 4.78 is 26.5. The van der Waals surface area contributed by atoms with Crippen molar-refractivity contribution in [3.63, 3.8) is 0 Å². The molecule has 0 spiro atoms. The number of ether oxygens (including phenoxy) is 5. The number of esters is 3. The maximum absolute atomic E-state index is 11.7. The van der Waals surface area contributed by atoms with Gasteiger partial charge in [-0.15, -0.1) is 0 Å². The van der Waals surface area contributed by atoms with Crippen LogP contribution in [0.2, 0.25) is 0 Å². The number of hydrogen-bond acceptors (Lipinski definition) is 8. The first-order valence-electron chi connectivity index (χ1n) is 7.65. The summed E-state index contributed by atoms with van der Waals surface area (Å²) in [5.74, 6) is -2.24. The molecule has 0 aliphatic carbocycles. The highest BCUT2D eigenvalue weighted by molar-refractivity contribution is 5.83. The molecule has 1 heterocycles. The van der Waals surface area contributed by atoms with Crippen LogP contribution in [0.15, 0.2) is 38.0 Å². The van der Waals surface area contributed by atoms with Crippen molar-refractivity contribution in [2.24, 2.45) is 0 Å². The van der Waals surface area contributed by atoms with Gasteiger partial charge in [0.05, 0.1) is 13.2 Å². The zero-order chi connectivity index (χ0) is 18.8. The Bertz CT molecular complexity index is 527. The molecule has 0 amide bonds. The van der Waals surface area contributed by atoms with Crippen LogP contribution in [-0.2, 0) is 38.1 Å². The van der Waals surface area contributed by atoms with Crippen LogP contribution in [0.25, 0.3) is 0 Å². The van der Waals surface area contributed by atoms with Crippen LogP contribution in [0.1, 0.15) is 6.92 Å². The topological polar surface area (TPSA) is 97.4 Å². The van der Waals surface area contributed by atoms with E-state index in [1.807, 2.05) is 0 Å². The minimum absolute atomic E-state index is 0.0749. The first-order chi connectivity index (χ1) is 12.0. The SMILES string of the molecule is C=CC(=O)OC1C(COCC)OC[C@@H](OC(=O)C=C)[C@H]1OC(=O)C=C. The molecule has 0 bridgehead atoms. The zero-order valence-electron chi connectivity index (χ0n) is 14.1. The molecule has 1 fully saturated rings. The Morgan fingerprint density at radius 3 is 2.00 bits per heavy atom. The molecule has 0 aromatic rings. The second kappa shape index (κ2) is 10.4. The van der Waals surface area contributed by atoms with Crippen LogP contribution in [0.3, 0.4) is 0 Å². The van der Waals surface area contributed by atoms with E-state index >= 15 is 0 Å². The van der Waals surface area contributed by atoms with Crippen molar-refractivity contribution in [2.75, 3.05) is 19.8 Å². The van der Waals surface area contributed by atoms with Crippen molar-refractivity contribution in [1.82, 2.24) is 0 Å². The fraction of sp³-hybridized carbons (Fsp3) is 0.471. The predicted molar refractivity (Wildman–Crippen MR) is 86.5 cm³/mol. The van der Waals surface area contributed by atoms with Crippen molar-refractivity contribution in [2.45, 2.75) is 31.3 Å². The summed E-state index contributed by atoms with van der Waals surface area (Å²) in [4.78, 5) is 34.8. The third-order valence-corrected chi connectivity index (χ3v) is 3.29. The fourth-order valence-electron chi connectivity index (χ4n) is 2.16. The van der Waals surface area contributed by atoms with Gasteiger partial charge in [0, 0.05) is 24.8 Å². The van der Waals surface area contributed by atoms with E-state index in [4.69, 9.17) is 23.7 Å². The lowest BCUT2D eigenvalue weighted by atomic mass is 9.99. The summed E-state index contributed by atoms with van der Waals surface area (Å²) in [5.41, 5.74) is 0. The number of hydrogen-bond donors (Lipinski definition) is 0. The van der Waals surface area contributed by atoms with Gasteiger partial charge in [0.1, 0.15) is 6.10 Å². The van der Waals surface area contributed by atoms with Crippen LogP contribution < -0.4 is 0 Å². The highest BCUT2D eigenvalue weighted by Gasteiger charge is 2.47. The van der Waals surface area contributed by atoms with Gasteiger partial charge in [-0.1, -0.05) is 19.7 Å². The number of carbonyl (C=O) groups is 3. The predicted octanol–water partition coefficient (Wildman–Crippen LogP) is 0.715. The molecular formula is C17H22O8. The molecule has 1 rings (SSSR count). The van der Waals surface area contributed by atoms with E-state index in [-0.39, 0.29) is 13.2 Å². The minimum Gasteiger partial charge on any atom is -0.453 e. The molecule has 0 N–H and O–H groups in total. The molecule has 0 aromatic carbocycles. The molecule has 8 nitrogen and oxygen atoms in total. The Labute approximate surface area is 146 Å². The van der Waals surface area contributed by atoms with E-state index < -0.39 is 42.3 Å². The monoisotopic (exact) mass is 354 g/mol. The summed E-state index contributed by atoms with van der Waals surface area (Å²) >= 11 is 0. The minimum atomic E-state index is -1.10. The van der Waals surface area contributed by atoms with Crippen LogP contribution in [0.5, 0.6) is 0 Å². The zero-order valence-corrected chi connectivity index (χ0v) is 14.1. The standard InChI is InChI=1S/C17H22O8/c1-5-13(18)23-12-10-22-11(9-21-8-4)16(24-14(19)6-2)17(12)25-15(20)7-3/h5-7,11-12,16-17H,1-3,8-10H2,4H3/t11?,12-,16?,17-/m1/s1. The van der Waals surface area contributed by atoms with E-state index in [0.717, 1.165) is 18.2 Å². The lowest BCUT2D eigenvalue weighted by molar-refractivity contribution is -0.228.